The standard InChI is InChI=1S/C12H24O3S/c1-3-5-6-8-10(7-4-2)9-16-12(15)11(13)14/h10,12,15H,3-9H2,1-2H3,(H,13,14). The molecular formula is C12H24O3S. The van der Waals surface area contributed by atoms with Crippen molar-refractivity contribution in [3.05, 3.63) is 0 Å². The van der Waals surface area contributed by atoms with Gasteiger partial charge in [0.25, 0.3) is 0 Å². The van der Waals surface area contributed by atoms with E-state index in [1.54, 1.807) is 0 Å². The molecule has 3 nitrogen and oxygen atoms in total. The van der Waals surface area contributed by atoms with Gasteiger partial charge in [0, 0.05) is 0 Å². The van der Waals surface area contributed by atoms with Crippen LogP contribution in [0.2, 0.25) is 0 Å². The first-order valence-corrected chi connectivity index (χ1v) is 7.19. The van der Waals surface area contributed by atoms with Crippen LogP contribution in [0.1, 0.15) is 52.4 Å². The average molecular weight is 248 g/mol. The van der Waals surface area contributed by atoms with Gasteiger partial charge in [-0.2, -0.15) is 0 Å². The lowest BCUT2D eigenvalue weighted by Crippen LogP contribution is -2.17. The maximum atomic E-state index is 10.5. The molecule has 0 amide bonds. The minimum absolute atomic E-state index is 0.551. The molecule has 0 aliphatic rings. The second-order valence-electron chi connectivity index (χ2n) is 4.17. The Hall–Kier alpha value is -0.220. The molecule has 0 aliphatic heterocycles. The molecule has 2 unspecified atom stereocenters. The molecule has 0 radical (unpaired) electrons. The number of thioether (sulfide) groups is 1. The summed E-state index contributed by atoms with van der Waals surface area (Å²) < 4.78 is 0. The Bertz CT molecular complexity index is 185. The number of carbonyl (C=O) groups is 1. The van der Waals surface area contributed by atoms with Crippen LogP contribution in [0.25, 0.3) is 0 Å². The highest BCUT2D eigenvalue weighted by Crippen LogP contribution is 2.22. The summed E-state index contributed by atoms with van der Waals surface area (Å²) in [5.74, 6) is 0.176. The van der Waals surface area contributed by atoms with Crippen molar-refractivity contribution in [2.75, 3.05) is 5.75 Å². The SMILES string of the molecule is CCCCCC(CCC)CSC(O)C(=O)O. The van der Waals surface area contributed by atoms with Crippen LogP contribution >= 0.6 is 11.8 Å². The first-order valence-electron chi connectivity index (χ1n) is 6.14. The fourth-order valence-electron chi connectivity index (χ4n) is 1.70. The summed E-state index contributed by atoms with van der Waals surface area (Å²) in [5.41, 5.74) is -1.26. The number of hydrogen-bond acceptors (Lipinski definition) is 3. The number of hydrogen-bond donors (Lipinski definition) is 2. The molecule has 4 heteroatoms. The summed E-state index contributed by atoms with van der Waals surface area (Å²) in [6.07, 6.45) is 7.07. The van der Waals surface area contributed by atoms with E-state index in [0.717, 1.165) is 36.8 Å². The average Bonchev–Trinajstić information content (AvgIpc) is 2.25. The largest absolute Gasteiger partial charge is 0.479 e. The minimum atomic E-state index is -1.26. The molecule has 96 valence electrons. The zero-order valence-electron chi connectivity index (χ0n) is 10.3. The van der Waals surface area contributed by atoms with Crippen molar-refractivity contribution in [3.8, 4) is 0 Å². The summed E-state index contributed by atoms with van der Waals surface area (Å²) >= 11 is 1.15. The van der Waals surface area contributed by atoms with Crippen molar-refractivity contribution in [2.45, 2.75) is 57.8 Å². The molecule has 2 N–H and O–H groups in total. The summed E-state index contributed by atoms with van der Waals surface area (Å²) in [7, 11) is 0. The van der Waals surface area contributed by atoms with Crippen LogP contribution < -0.4 is 0 Å². The van der Waals surface area contributed by atoms with E-state index in [-0.39, 0.29) is 0 Å². The number of rotatable bonds is 10. The fraction of sp³-hybridized carbons (Fsp3) is 0.917. The van der Waals surface area contributed by atoms with Gasteiger partial charge in [-0.05, 0) is 24.5 Å². The third-order valence-electron chi connectivity index (χ3n) is 2.61. The van der Waals surface area contributed by atoms with Crippen molar-refractivity contribution >= 4 is 17.7 Å². The van der Waals surface area contributed by atoms with E-state index >= 15 is 0 Å². The maximum absolute atomic E-state index is 10.5. The Morgan fingerprint density at radius 3 is 2.38 bits per heavy atom. The highest BCUT2D eigenvalue weighted by Gasteiger charge is 2.16. The summed E-state index contributed by atoms with van der Waals surface area (Å²) in [6, 6.07) is 0. The normalized spacial score (nSPS) is 14.7. The predicted molar refractivity (Wildman–Crippen MR) is 68.6 cm³/mol. The van der Waals surface area contributed by atoms with Crippen LogP contribution in [-0.2, 0) is 4.79 Å². The molecule has 0 bridgehead atoms. The lowest BCUT2D eigenvalue weighted by molar-refractivity contribution is -0.141. The number of aliphatic hydroxyl groups excluding tert-OH is 1. The maximum Gasteiger partial charge on any atom is 0.343 e. The molecule has 0 fully saturated rings. The van der Waals surface area contributed by atoms with Gasteiger partial charge < -0.3 is 10.2 Å². The lowest BCUT2D eigenvalue weighted by Gasteiger charge is -2.16. The van der Waals surface area contributed by atoms with Gasteiger partial charge in [0.15, 0.2) is 5.44 Å². The van der Waals surface area contributed by atoms with Crippen LogP contribution in [-0.4, -0.2) is 27.4 Å². The highest BCUT2D eigenvalue weighted by molar-refractivity contribution is 8.00. The van der Waals surface area contributed by atoms with Gasteiger partial charge in [0.1, 0.15) is 0 Å². The van der Waals surface area contributed by atoms with E-state index in [9.17, 15) is 9.90 Å². The Labute approximate surface area is 103 Å². The Morgan fingerprint density at radius 1 is 1.19 bits per heavy atom. The number of aliphatic carboxylic acids is 1. The second kappa shape index (κ2) is 9.97. The van der Waals surface area contributed by atoms with Gasteiger partial charge in [-0.25, -0.2) is 4.79 Å². The van der Waals surface area contributed by atoms with Crippen molar-refractivity contribution in [2.24, 2.45) is 5.92 Å². The van der Waals surface area contributed by atoms with Gasteiger partial charge in [-0.15, -0.1) is 11.8 Å². The molecule has 0 aliphatic carbocycles. The first kappa shape index (κ1) is 15.8. The smallest absolute Gasteiger partial charge is 0.343 e. The van der Waals surface area contributed by atoms with E-state index in [0.29, 0.717) is 5.92 Å². The minimum Gasteiger partial charge on any atom is -0.479 e. The Balaban J connectivity index is 3.78. The number of unbranched alkanes of at least 4 members (excludes halogenated alkanes) is 2. The van der Waals surface area contributed by atoms with Crippen molar-refractivity contribution in [1.82, 2.24) is 0 Å². The van der Waals surface area contributed by atoms with Gasteiger partial charge in [0.05, 0.1) is 0 Å². The monoisotopic (exact) mass is 248 g/mol. The molecule has 0 aromatic heterocycles. The molecule has 0 aromatic rings. The zero-order chi connectivity index (χ0) is 12.4. The van der Waals surface area contributed by atoms with Crippen LogP contribution in [0, 0.1) is 5.92 Å². The van der Waals surface area contributed by atoms with Crippen molar-refractivity contribution < 1.29 is 15.0 Å². The van der Waals surface area contributed by atoms with Gasteiger partial charge in [0.2, 0.25) is 0 Å². The lowest BCUT2D eigenvalue weighted by atomic mass is 9.98. The van der Waals surface area contributed by atoms with Crippen molar-refractivity contribution in [1.29, 1.82) is 0 Å². The van der Waals surface area contributed by atoms with Crippen LogP contribution in [0.4, 0.5) is 0 Å². The molecule has 0 heterocycles. The Morgan fingerprint density at radius 2 is 1.88 bits per heavy atom. The molecule has 0 spiro atoms. The van der Waals surface area contributed by atoms with E-state index in [1.165, 1.54) is 19.3 Å². The van der Waals surface area contributed by atoms with E-state index in [1.807, 2.05) is 0 Å². The predicted octanol–water partition coefficient (Wildman–Crippen LogP) is 3.12. The second-order valence-corrected chi connectivity index (χ2v) is 5.29. The quantitative estimate of drug-likeness (QED) is 0.461. The van der Waals surface area contributed by atoms with E-state index in [2.05, 4.69) is 13.8 Å². The number of carboxylic acid groups (broad SMARTS) is 1. The van der Waals surface area contributed by atoms with E-state index in [4.69, 9.17) is 5.11 Å². The molecule has 0 saturated heterocycles. The number of carboxylic acids is 1. The van der Waals surface area contributed by atoms with E-state index < -0.39 is 11.4 Å². The number of aliphatic hydroxyl groups is 1. The third-order valence-corrected chi connectivity index (χ3v) is 3.80. The molecule has 0 rings (SSSR count). The summed E-state index contributed by atoms with van der Waals surface area (Å²) in [6.45, 7) is 4.32. The molecule has 2 atom stereocenters. The summed E-state index contributed by atoms with van der Waals surface area (Å²) in [4.78, 5) is 10.5. The Kier molecular flexibility index (Phi) is 9.83. The molecular weight excluding hydrogens is 224 g/mol. The molecule has 0 saturated carbocycles. The topological polar surface area (TPSA) is 57.5 Å². The van der Waals surface area contributed by atoms with Crippen LogP contribution in [0.15, 0.2) is 0 Å². The van der Waals surface area contributed by atoms with Gasteiger partial charge in [-0.3, -0.25) is 0 Å². The molecule has 16 heavy (non-hydrogen) atoms. The van der Waals surface area contributed by atoms with Gasteiger partial charge >= 0.3 is 5.97 Å². The molecule has 0 aromatic carbocycles. The van der Waals surface area contributed by atoms with Crippen LogP contribution in [0.3, 0.4) is 0 Å². The summed E-state index contributed by atoms with van der Waals surface area (Å²) in [5, 5.41) is 17.7. The van der Waals surface area contributed by atoms with Crippen LogP contribution in [0.5, 0.6) is 0 Å². The fourth-order valence-corrected chi connectivity index (χ4v) is 2.63. The van der Waals surface area contributed by atoms with Gasteiger partial charge in [-0.1, -0.05) is 39.5 Å². The van der Waals surface area contributed by atoms with Crippen molar-refractivity contribution in [3.63, 3.8) is 0 Å². The third kappa shape index (κ3) is 7.99. The first-order chi connectivity index (χ1) is 7.61. The zero-order valence-corrected chi connectivity index (χ0v) is 11.1. The highest BCUT2D eigenvalue weighted by atomic mass is 32.2.